The number of primary amides is 1. The van der Waals surface area contributed by atoms with E-state index in [1.54, 1.807) is 0 Å². The maximum absolute atomic E-state index is 11.1. The van der Waals surface area contributed by atoms with Crippen LogP contribution in [0, 0.1) is 23.2 Å². The molecule has 2 aliphatic rings. The molecule has 2 fully saturated rings. The van der Waals surface area contributed by atoms with Gasteiger partial charge >= 0.3 is 0 Å². The second-order valence-electron chi connectivity index (χ2n) is 6.41. The lowest BCUT2D eigenvalue weighted by atomic mass is 9.58. The Morgan fingerprint density at radius 1 is 1.27 bits per heavy atom. The van der Waals surface area contributed by atoms with Crippen LogP contribution in [-0.2, 0) is 4.79 Å². The molecule has 2 saturated carbocycles. The third kappa shape index (κ3) is 2.53. The summed E-state index contributed by atoms with van der Waals surface area (Å²) in [6.45, 7) is 4.63. The van der Waals surface area contributed by atoms with E-state index in [0.29, 0.717) is 6.42 Å². The minimum absolute atomic E-state index is 0.120. The van der Waals surface area contributed by atoms with Gasteiger partial charge in [-0.2, -0.15) is 0 Å². The molecule has 2 rings (SSSR count). The first-order valence-corrected chi connectivity index (χ1v) is 6.25. The Kier molecular flexibility index (Phi) is 2.78. The van der Waals surface area contributed by atoms with E-state index in [9.17, 15) is 4.79 Å². The molecule has 2 N–H and O–H groups in total. The standard InChI is InChI=1S/C13H23NO/c1-9-3-10-5-11(4-9)7-13(2,6-10)8-12(14)15/h9-11H,3-8H2,1-2H3,(H2,14,15). The molecule has 0 heterocycles. The maximum atomic E-state index is 11.1. The number of nitrogens with two attached hydrogens (primary N) is 1. The Labute approximate surface area is 92.6 Å². The van der Waals surface area contributed by atoms with Crippen molar-refractivity contribution in [3.05, 3.63) is 0 Å². The summed E-state index contributed by atoms with van der Waals surface area (Å²) in [5.74, 6) is 2.49. The topological polar surface area (TPSA) is 43.1 Å². The highest BCUT2D eigenvalue weighted by atomic mass is 16.1. The molecule has 15 heavy (non-hydrogen) atoms. The third-order valence-corrected chi connectivity index (χ3v) is 4.30. The fourth-order valence-corrected chi connectivity index (χ4v) is 4.27. The van der Waals surface area contributed by atoms with Crippen LogP contribution < -0.4 is 5.73 Å². The van der Waals surface area contributed by atoms with Crippen molar-refractivity contribution >= 4 is 5.91 Å². The quantitative estimate of drug-likeness (QED) is 0.746. The first-order valence-electron chi connectivity index (χ1n) is 6.25. The number of amides is 1. The van der Waals surface area contributed by atoms with E-state index in [2.05, 4.69) is 13.8 Å². The predicted molar refractivity (Wildman–Crippen MR) is 61.1 cm³/mol. The van der Waals surface area contributed by atoms with Crippen LogP contribution in [-0.4, -0.2) is 5.91 Å². The van der Waals surface area contributed by atoms with E-state index in [-0.39, 0.29) is 11.3 Å². The van der Waals surface area contributed by atoms with Gasteiger partial charge in [0.25, 0.3) is 0 Å². The van der Waals surface area contributed by atoms with Crippen molar-refractivity contribution in [2.24, 2.45) is 28.9 Å². The molecule has 0 saturated heterocycles. The summed E-state index contributed by atoms with van der Waals surface area (Å²) in [7, 11) is 0. The number of fused-ring (bicyclic) bond motifs is 2. The fourth-order valence-electron chi connectivity index (χ4n) is 4.27. The highest BCUT2D eigenvalue weighted by molar-refractivity contribution is 5.74. The van der Waals surface area contributed by atoms with Crippen molar-refractivity contribution in [2.45, 2.75) is 52.4 Å². The van der Waals surface area contributed by atoms with Gasteiger partial charge in [-0.05, 0) is 55.3 Å². The summed E-state index contributed by atoms with van der Waals surface area (Å²) in [5, 5.41) is 0. The van der Waals surface area contributed by atoms with Crippen molar-refractivity contribution in [1.82, 2.24) is 0 Å². The van der Waals surface area contributed by atoms with Gasteiger partial charge in [-0.3, -0.25) is 4.79 Å². The van der Waals surface area contributed by atoms with E-state index in [4.69, 9.17) is 5.73 Å². The van der Waals surface area contributed by atoms with Gasteiger partial charge in [0.1, 0.15) is 0 Å². The minimum Gasteiger partial charge on any atom is -0.370 e. The van der Waals surface area contributed by atoms with Crippen molar-refractivity contribution in [1.29, 1.82) is 0 Å². The number of carbonyl (C=O) groups excluding carboxylic acids is 1. The van der Waals surface area contributed by atoms with Gasteiger partial charge in [0.05, 0.1) is 0 Å². The zero-order valence-electron chi connectivity index (χ0n) is 9.96. The van der Waals surface area contributed by atoms with E-state index in [1.165, 1.54) is 32.1 Å². The molecule has 0 aromatic carbocycles. The third-order valence-electron chi connectivity index (χ3n) is 4.30. The SMILES string of the molecule is CC1CC2CC(C1)CC(C)(CC(N)=O)C2. The summed E-state index contributed by atoms with van der Waals surface area (Å²) in [5.41, 5.74) is 5.56. The van der Waals surface area contributed by atoms with Gasteiger partial charge < -0.3 is 5.73 Å². The van der Waals surface area contributed by atoms with Crippen molar-refractivity contribution in [2.75, 3.05) is 0 Å². The lowest BCUT2D eigenvalue weighted by Crippen LogP contribution is -2.38. The normalized spacial score (nSPS) is 45.1. The molecule has 2 unspecified atom stereocenters. The molecule has 0 aliphatic heterocycles. The molecule has 2 bridgehead atoms. The summed E-state index contributed by atoms with van der Waals surface area (Å²) in [6, 6.07) is 0. The smallest absolute Gasteiger partial charge is 0.217 e. The number of rotatable bonds is 2. The van der Waals surface area contributed by atoms with Crippen LogP contribution in [0.15, 0.2) is 0 Å². The van der Waals surface area contributed by atoms with E-state index in [0.717, 1.165) is 17.8 Å². The van der Waals surface area contributed by atoms with Gasteiger partial charge in [0.15, 0.2) is 0 Å². The number of hydrogen-bond acceptors (Lipinski definition) is 1. The summed E-state index contributed by atoms with van der Waals surface area (Å²) < 4.78 is 0. The molecule has 0 spiro atoms. The average Bonchev–Trinajstić information content (AvgIpc) is 1.96. The Bertz CT molecular complexity index is 243. The van der Waals surface area contributed by atoms with Crippen LogP contribution in [0.25, 0.3) is 0 Å². The van der Waals surface area contributed by atoms with E-state index >= 15 is 0 Å². The molecule has 0 radical (unpaired) electrons. The van der Waals surface area contributed by atoms with Gasteiger partial charge in [-0.25, -0.2) is 0 Å². The summed E-state index contributed by atoms with van der Waals surface area (Å²) in [4.78, 5) is 11.1. The second-order valence-corrected chi connectivity index (χ2v) is 6.41. The van der Waals surface area contributed by atoms with Gasteiger partial charge in [-0.15, -0.1) is 0 Å². The highest BCUT2D eigenvalue weighted by Crippen LogP contribution is 2.51. The van der Waals surface area contributed by atoms with Crippen LogP contribution in [0.5, 0.6) is 0 Å². The molecule has 2 atom stereocenters. The minimum atomic E-state index is -0.120. The predicted octanol–water partition coefficient (Wildman–Crippen LogP) is 2.71. The Morgan fingerprint density at radius 3 is 2.27 bits per heavy atom. The molecule has 2 nitrogen and oxygen atoms in total. The summed E-state index contributed by atoms with van der Waals surface area (Å²) in [6.07, 6.45) is 7.16. The van der Waals surface area contributed by atoms with Crippen molar-refractivity contribution in [3.63, 3.8) is 0 Å². The Hall–Kier alpha value is -0.530. The largest absolute Gasteiger partial charge is 0.370 e. The lowest BCUT2D eigenvalue weighted by molar-refractivity contribution is -0.121. The number of carbonyl (C=O) groups is 1. The zero-order chi connectivity index (χ0) is 11.1. The first kappa shape index (κ1) is 11.0. The monoisotopic (exact) mass is 209 g/mol. The molecule has 1 amide bonds. The van der Waals surface area contributed by atoms with Gasteiger partial charge in [0.2, 0.25) is 5.91 Å². The molecular weight excluding hydrogens is 186 g/mol. The zero-order valence-corrected chi connectivity index (χ0v) is 9.96. The van der Waals surface area contributed by atoms with E-state index in [1.807, 2.05) is 0 Å². The van der Waals surface area contributed by atoms with Crippen LogP contribution in [0.4, 0.5) is 0 Å². The van der Waals surface area contributed by atoms with Gasteiger partial charge in [0, 0.05) is 6.42 Å². The Morgan fingerprint density at radius 2 is 1.80 bits per heavy atom. The lowest BCUT2D eigenvalue weighted by Gasteiger charge is -2.47. The maximum Gasteiger partial charge on any atom is 0.217 e. The molecule has 2 heteroatoms. The van der Waals surface area contributed by atoms with E-state index < -0.39 is 0 Å². The van der Waals surface area contributed by atoms with Gasteiger partial charge in [-0.1, -0.05) is 13.8 Å². The number of hydrogen-bond donors (Lipinski definition) is 1. The van der Waals surface area contributed by atoms with Crippen LogP contribution in [0.2, 0.25) is 0 Å². The molecule has 0 aromatic rings. The summed E-state index contributed by atoms with van der Waals surface area (Å²) >= 11 is 0. The average molecular weight is 209 g/mol. The van der Waals surface area contributed by atoms with Crippen LogP contribution >= 0.6 is 0 Å². The molecular formula is C13H23NO. The van der Waals surface area contributed by atoms with Crippen molar-refractivity contribution in [3.8, 4) is 0 Å². The van der Waals surface area contributed by atoms with Crippen LogP contribution in [0.1, 0.15) is 52.4 Å². The second kappa shape index (κ2) is 3.80. The highest BCUT2D eigenvalue weighted by Gasteiger charge is 2.41. The fraction of sp³-hybridized carbons (Fsp3) is 0.923. The molecule has 2 aliphatic carbocycles. The molecule has 0 aromatic heterocycles. The van der Waals surface area contributed by atoms with Crippen molar-refractivity contribution < 1.29 is 4.79 Å². The Balaban J connectivity index is 2.03. The van der Waals surface area contributed by atoms with Crippen LogP contribution in [0.3, 0.4) is 0 Å². The first-order chi connectivity index (χ1) is 6.97. The molecule has 86 valence electrons.